The van der Waals surface area contributed by atoms with Crippen LogP contribution in [0.3, 0.4) is 0 Å². The summed E-state index contributed by atoms with van der Waals surface area (Å²) < 4.78 is 1.08. The van der Waals surface area contributed by atoms with Gasteiger partial charge in [-0.1, -0.05) is 41.9 Å². The van der Waals surface area contributed by atoms with Crippen molar-refractivity contribution < 1.29 is 4.79 Å². The molecule has 0 saturated heterocycles. The summed E-state index contributed by atoms with van der Waals surface area (Å²) in [6.07, 6.45) is 1.62. The first-order valence-electron chi connectivity index (χ1n) is 4.84. The highest BCUT2D eigenvalue weighted by Gasteiger charge is 2.14. The first-order chi connectivity index (χ1) is 6.65. The van der Waals surface area contributed by atoms with Gasteiger partial charge in [-0.2, -0.15) is 0 Å². The highest BCUT2D eigenvalue weighted by Crippen LogP contribution is 2.27. The van der Waals surface area contributed by atoms with Gasteiger partial charge in [-0.15, -0.1) is 0 Å². The summed E-state index contributed by atoms with van der Waals surface area (Å²) in [7, 11) is 0. The van der Waals surface area contributed by atoms with E-state index in [-0.39, 0.29) is 0 Å². The first-order valence-corrected chi connectivity index (χ1v) is 5.63. The molecule has 0 aliphatic heterocycles. The number of aldehydes is 1. The minimum atomic E-state index is 0.348. The molecule has 0 bridgehead atoms. The maximum Gasteiger partial charge on any atom is 0.120 e. The minimum Gasteiger partial charge on any atom is -0.303 e. The second-order valence-corrected chi connectivity index (χ2v) is 4.72. The van der Waals surface area contributed by atoms with Crippen molar-refractivity contribution in [3.05, 3.63) is 34.3 Å². The quantitative estimate of drug-likeness (QED) is 0.748. The zero-order valence-corrected chi connectivity index (χ0v) is 10.1. The van der Waals surface area contributed by atoms with Crippen LogP contribution in [0, 0.1) is 5.92 Å². The number of halogens is 1. The Balaban J connectivity index is 2.87. The van der Waals surface area contributed by atoms with Gasteiger partial charge in [0, 0.05) is 10.9 Å². The van der Waals surface area contributed by atoms with Gasteiger partial charge >= 0.3 is 0 Å². The van der Waals surface area contributed by atoms with E-state index in [1.807, 2.05) is 12.1 Å². The number of hydrogen-bond acceptors (Lipinski definition) is 1. The van der Waals surface area contributed by atoms with E-state index >= 15 is 0 Å². The standard InChI is InChI=1S/C12H15BrO/c1-9(2)12(7-8-14)10-3-5-11(13)6-4-10/h3-6,8-9,12H,7H2,1-2H3. The van der Waals surface area contributed by atoms with Crippen LogP contribution in [-0.2, 0) is 4.79 Å². The monoisotopic (exact) mass is 254 g/mol. The minimum absolute atomic E-state index is 0.348. The Hall–Kier alpha value is -0.630. The van der Waals surface area contributed by atoms with Gasteiger partial charge in [-0.05, 0) is 29.5 Å². The predicted molar refractivity (Wildman–Crippen MR) is 62.4 cm³/mol. The van der Waals surface area contributed by atoms with Crippen LogP contribution in [0.1, 0.15) is 31.7 Å². The molecule has 0 saturated carbocycles. The summed E-state index contributed by atoms with van der Waals surface area (Å²) in [4.78, 5) is 10.6. The van der Waals surface area contributed by atoms with E-state index in [2.05, 4.69) is 41.9 Å². The Labute approximate surface area is 93.7 Å². The molecular formula is C12H15BrO. The average molecular weight is 255 g/mol. The Morgan fingerprint density at radius 3 is 2.29 bits per heavy atom. The Bertz CT molecular complexity index is 290. The second kappa shape index (κ2) is 5.30. The highest BCUT2D eigenvalue weighted by atomic mass is 79.9. The maximum absolute atomic E-state index is 10.6. The SMILES string of the molecule is CC(C)C(CC=O)c1ccc(Br)cc1. The molecule has 0 spiro atoms. The summed E-state index contributed by atoms with van der Waals surface area (Å²) in [5, 5.41) is 0. The topological polar surface area (TPSA) is 17.1 Å². The van der Waals surface area contributed by atoms with Gasteiger partial charge in [0.2, 0.25) is 0 Å². The largest absolute Gasteiger partial charge is 0.303 e. The third-order valence-electron chi connectivity index (χ3n) is 2.45. The number of carbonyl (C=O) groups excluding carboxylic acids is 1. The molecule has 1 rings (SSSR count). The summed E-state index contributed by atoms with van der Waals surface area (Å²) in [6.45, 7) is 4.30. The molecule has 0 amide bonds. The Morgan fingerprint density at radius 2 is 1.86 bits per heavy atom. The third kappa shape index (κ3) is 2.95. The molecule has 0 aliphatic rings. The van der Waals surface area contributed by atoms with E-state index in [0.717, 1.165) is 10.8 Å². The Morgan fingerprint density at radius 1 is 1.29 bits per heavy atom. The normalized spacial score (nSPS) is 12.9. The van der Waals surface area contributed by atoms with Crippen LogP contribution >= 0.6 is 15.9 Å². The van der Waals surface area contributed by atoms with Crippen molar-refractivity contribution in [3.8, 4) is 0 Å². The second-order valence-electron chi connectivity index (χ2n) is 3.80. The lowest BCUT2D eigenvalue weighted by atomic mass is 9.86. The van der Waals surface area contributed by atoms with E-state index in [1.165, 1.54) is 5.56 Å². The zero-order valence-electron chi connectivity index (χ0n) is 8.53. The van der Waals surface area contributed by atoms with E-state index in [9.17, 15) is 4.79 Å². The fourth-order valence-corrected chi connectivity index (χ4v) is 1.87. The first kappa shape index (κ1) is 11.4. The van der Waals surface area contributed by atoms with Gasteiger partial charge in [-0.3, -0.25) is 0 Å². The van der Waals surface area contributed by atoms with Crippen LogP contribution in [0.25, 0.3) is 0 Å². The van der Waals surface area contributed by atoms with E-state index in [0.29, 0.717) is 18.3 Å². The molecule has 0 N–H and O–H groups in total. The average Bonchev–Trinajstić information content (AvgIpc) is 2.15. The summed E-state index contributed by atoms with van der Waals surface area (Å²) in [5.74, 6) is 0.849. The van der Waals surface area contributed by atoms with Crippen LogP contribution in [0.15, 0.2) is 28.7 Å². The summed E-state index contributed by atoms with van der Waals surface area (Å²) >= 11 is 3.40. The van der Waals surface area contributed by atoms with Crippen molar-refractivity contribution >= 4 is 22.2 Å². The van der Waals surface area contributed by atoms with E-state index < -0.39 is 0 Å². The molecule has 14 heavy (non-hydrogen) atoms. The molecule has 2 heteroatoms. The van der Waals surface area contributed by atoms with Crippen LogP contribution in [-0.4, -0.2) is 6.29 Å². The molecule has 1 nitrogen and oxygen atoms in total. The molecule has 0 fully saturated rings. The molecule has 0 aliphatic carbocycles. The van der Waals surface area contributed by atoms with Gasteiger partial charge in [0.15, 0.2) is 0 Å². The van der Waals surface area contributed by atoms with Crippen molar-refractivity contribution in [2.45, 2.75) is 26.2 Å². The van der Waals surface area contributed by atoms with Gasteiger partial charge in [0.25, 0.3) is 0 Å². The van der Waals surface area contributed by atoms with Crippen LogP contribution in [0.4, 0.5) is 0 Å². The third-order valence-corrected chi connectivity index (χ3v) is 2.98. The summed E-state index contributed by atoms with van der Waals surface area (Å²) in [6, 6.07) is 8.21. The molecule has 0 heterocycles. The molecule has 76 valence electrons. The fraction of sp³-hybridized carbons (Fsp3) is 0.417. The highest BCUT2D eigenvalue weighted by molar-refractivity contribution is 9.10. The lowest BCUT2D eigenvalue weighted by molar-refractivity contribution is -0.108. The van der Waals surface area contributed by atoms with Gasteiger partial charge in [0.05, 0.1) is 0 Å². The fourth-order valence-electron chi connectivity index (χ4n) is 1.61. The van der Waals surface area contributed by atoms with Crippen molar-refractivity contribution in [1.82, 2.24) is 0 Å². The van der Waals surface area contributed by atoms with Crippen molar-refractivity contribution in [2.24, 2.45) is 5.92 Å². The number of hydrogen-bond donors (Lipinski definition) is 0. The number of benzene rings is 1. The molecule has 0 radical (unpaired) electrons. The molecule has 0 aromatic heterocycles. The smallest absolute Gasteiger partial charge is 0.120 e. The summed E-state index contributed by atoms with van der Waals surface area (Å²) in [5.41, 5.74) is 1.25. The van der Waals surface area contributed by atoms with Crippen LogP contribution in [0.2, 0.25) is 0 Å². The molecular weight excluding hydrogens is 240 g/mol. The number of carbonyl (C=O) groups is 1. The van der Waals surface area contributed by atoms with Crippen LogP contribution in [0.5, 0.6) is 0 Å². The molecule has 1 aromatic rings. The number of rotatable bonds is 4. The van der Waals surface area contributed by atoms with E-state index in [4.69, 9.17) is 0 Å². The maximum atomic E-state index is 10.6. The lowest BCUT2D eigenvalue weighted by Crippen LogP contribution is -2.07. The van der Waals surface area contributed by atoms with Crippen molar-refractivity contribution in [1.29, 1.82) is 0 Å². The van der Waals surface area contributed by atoms with Gasteiger partial charge in [-0.25, -0.2) is 0 Å². The molecule has 1 aromatic carbocycles. The van der Waals surface area contributed by atoms with Crippen LogP contribution < -0.4 is 0 Å². The zero-order chi connectivity index (χ0) is 10.6. The lowest BCUT2D eigenvalue weighted by Gasteiger charge is -2.18. The van der Waals surface area contributed by atoms with Crippen molar-refractivity contribution in [2.75, 3.05) is 0 Å². The van der Waals surface area contributed by atoms with Gasteiger partial charge < -0.3 is 4.79 Å². The Kier molecular flexibility index (Phi) is 4.33. The van der Waals surface area contributed by atoms with Crippen molar-refractivity contribution in [3.63, 3.8) is 0 Å². The predicted octanol–water partition coefficient (Wildman–Crippen LogP) is 3.78. The van der Waals surface area contributed by atoms with Gasteiger partial charge in [0.1, 0.15) is 6.29 Å². The van der Waals surface area contributed by atoms with E-state index in [1.54, 1.807) is 0 Å². The molecule has 1 unspecified atom stereocenters. The molecule has 1 atom stereocenters.